The van der Waals surface area contributed by atoms with Crippen molar-refractivity contribution in [2.45, 2.75) is 337 Å². The Bertz CT molecular complexity index is 4410. The van der Waals surface area contributed by atoms with E-state index in [1.807, 2.05) is 22.7 Å². The van der Waals surface area contributed by atoms with Crippen LogP contribution in [0.25, 0.3) is 52.9 Å². The van der Waals surface area contributed by atoms with Crippen LogP contribution < -0.4 is 20.7 Å². The highest BCUT2D eigenvalue weighted by atomic mass is 32.1. The van der Waals surface area contributed by atoms with Crippen molar-refractivity contribution in [2.75, 3.05) is 0 Å². The van der Waals surface area contributed by atoms with Crippen molar-refractivity contribution in [1.29, 1.82) is 0 Å². The molecule has 0 unspecified atom stereocenters. The first-order valence-corrected chi connectivity index (χ1v) is 54.5. The van der Waals surface area contributed by atoms with Crippen LogP contribution in [0.1, 0.15) is 338 Å². The van der Waals surface area contributed by atoms with Gasteiger partial charge in [0, 0.05) is 40.4 Å². The summed E-state index contributed by atoms with van der Waals surface area (Å²) in [6, 6.07) is 52.4. The fourth-order valence-electron chi connectivity index (χ4n) is 19.4. The number of hydrogen-bond donors (Lipinski definition) is 0. The summed E-state index contributed by atoms with van der Waals surface area (Å²) in [6.07, 6.45) is 62.6. The van der Waals surface area contributed by atoms with E-state index in [1.54, 1.807) is 25.4 Å². The SMILES string of the molecule is CCCCCCCCCCCCC(CCCCCCCCCCCC)Cc1c(-c2ccc(C)s2)sc2c1sc1c3sc(-c4ccc(C5=C6C(=O)[Si](c7ccccc7)(c7ccccc7)C(C)=C6C(=O)[Si]5(c5ccccc5)c5ccccc5)s4)c(CC(CCCCCCCCCCCC)CCCCCCCCCCCC)c3sc21. The number of allylic oxidation sites excluding steroid dienone is 3. The van der Waals surface area contributed by atoms with Crippen molar-refractivity contribution in [2.24, 2.45) is 11.8 Å². The number of thiophene rings is 6. The van der Waals surface area contributed by atoms with Crippen molar-refractivity contribution in [3.8, 4) is 19.5 Å². The predicted octanol–water partition coefficient (Wildman–Crippen LogP) is 31.6. The Hall–Kier alpha value is -4.89. The molecule has 12 rings (SSSR count). The van der Waals surface area contributed by atoms with Crippen molar-refractivity contribution in [3.05, 3.63) is 183 Å². The number of carbonyl (C=O) groups excluding carboxylic acids is 2. The van der Waals surface area contributed by atoms with Crippen molar-refractivity contribution >= 4 is 149 Å². The lowest BCUT2D eigenvalue weighted by molar-refractivity contribution is -0.111. The van der Waals surface area contributed by atoms with Crippen molar-refractivity contribution in [3.63, 3.8) is 0 Å². The average molecular weight is 1640 g/mol. The summed E-state index contributed by atoms with van der Waals surface area (Å²) in [4.78, 5) is 42.2. The Balaban J connectivity index is 0.959. The summed E-state index contributed by atoms with van der Waals surface area (Å²) in [5.74, 6) is 1.29. The number of fused-ring (bicyclic) bond motifs is 6. The number of benzene rings is 4. The second-order valence-electron chi connectivity index (χ2n) is 34.0. The lowest BCUT2D eigenvalue weighted by Crippen LogP contribution is -2.66. The van der Waals surface area contributed by atoms with Crippen LogP contribution in [0.15, 0.2) is 162 Å². The molecule has 0 saturated carbocycles. The van der Waals surface area contributed by atoms with E-state index in [0.717, 1.165) is 42.4 Å². The van der Waals surface area contributed by atoms with E-state index >= 15 is 9.59 Å². The first-order valence-electron chi connectivity index (χ1n) is 45.6. The Morgan fingerprint density at radius 3 is 0.866 bits per heavy atom. The zero-order valence-electron chi connectivity index (χ0n) is 69.8. The van der Waals surface area contributed by atoms with Crippen LogP contribution >= 0.6 is 68.0 Å². The molecule has 6 aromatic heterocycles. The number of unbranched alkanes of at least 4 members (excludes halogenated alkanes) is 36. The molecular formula is C102H136O2S6Si2. The molecule has 0 radical (unpaired) electrons. The van der Waals surface area contributed by atoms with E-state index in [1.165, 1.54) is 327 Å². The van der Waals surface area contributed by atoms with Crippen molar-refractivity contribution < 1.29 is 9.59 Å². The van der Waals surface area contributed by atoms with Crippen LogP contribution in [-0.4, -0.2) is 27.0 Å². The van der Waals surface area contributed by atoms with Crippen LogP contribution in [0.5, 0.6) is 0 Å². The summed E-state index contributed by atoms with van der Waals surface area (Å²) >= 11 is 12.5. The Morgan fingerprint density at radius 1 is 0.268 bits per heavy atom. The average Bonchev–Trinajstić information content (AvgIpc) is 1.50. The van der Waals surface area contributed by atoms with E-state index in [4.69, 9.17) is 0 Å². The van der Waals surface area contributed by atoms with E-state index in [9.17, 15) is 0 Å². The summed E-state index contributed by atoms with van der Waals surface area (Å²) in [6.45, 7) is 13.8. The summed E-state index contributed by atoms with van der Waals surface area (Å²) in [7, 11) is -7.08. The predicted molar refractivity (Wildman–Crippen MR) is 508 cm³/mol. The van der Waals surface area contributed by atoms with Crippen LogP contribution in [0.3, 0.4) is 0 Å². The van der Waals surface area contributed by atoms with Gasteiger partial charge in [-0.3, -0.25) is 9.59 Å². The van der Waals surface area contributed by atoms with Gasteiger partial charge < -0.3 is 0 Å². The zero-order valence-corrected chi connectivity index (χ0v) is 76.7. The third-order valence-electron chi connectivity index (χ3n) is 25.6. The maximum atomic E-state index is 17.0. The lowest BCUT2D eigenvalue weighted by Gasteiger charge is -2.33. The molecule has 10 aromatic rings. The highest BCUT2D eigenvalue weighted by Crippen LogP contribution is 2.58. The summed E-state index contributed by atoms with van der Waals surface area (Å²) in [5.41, 5.74) is 4.63. The largest absolute Gasteiger partial charge is 0.299 e. The van der Waals surface area contributed by atoms with Crippen LogP contribution in [0.4, 0.5) is 0 Å². The molecule has 8 heterocycles. The van der Waals surface area contributed by atoms with Gasteiger partial charge in [-0.2, -0.15) is 0 Å². The molecule has 0 amide bonds. The van der Waals surface area contributed by atoms with E-state index in [2.05, 4.69) is 232 Å². The molecule has 2 nitrogen and oxygen atoms in total. The second-order valence-corrected chi connectivity index (χ2v) is 47.9. The van der Waals surface area contributed by atoms with Gasteiger partial charge in [0.1, 0.15) is 0 Å². The molecular weight excluding hydrogens is 1510 g/mol. The molecule has 112 heavy (non-hydrogen) atoms. The molecule has 0 spiro atoms. The quantitative estimate of drug-likeness (QED) is 0.0281. The van der Waals surface area contributed by atoms with Gasteiger partial charge in [-0.25, -0.2) is 0 Å². The third kappa shape index (κ3) is 21.0. The zero-order chi connectivity index (χ0) is 77.8. The van der Waals surface area contributed by atoms with Gasteiger partial charge >= 0.3 is 0 Å². The van der Waals surface area contributed by atoms with Crippen LogP contribution in [0, 0.1) is 18.8 Å². The minimum atomic E-state index is -3.65. The topological polar surface area (TPSA) is 34.1 Å². The molecule has 0 bridgehead atoms. The Morgan fingerprint density at radius 2 is 0.545 bits per heavy atom. The summed E-state index contributed by atoms with van der Waals surface area (Å²) < 4.78 is 9.21. The molecule has 10 heteroatoms. The van der Waals surface area contributed by atoms with Crippen molar-refractivity contribution in [1.82, 2.24) is 0 Å². The summed E-state index contributed by atoms with van der Waals surface area (Å²) in [5, 5.41) is 6.53. The highest BCUT2D eigenvalue weighted by molar-refractivity contribution is 7.46. The second kappa shape index (κ2) is 45.2. The molecule has 2 aliphatic rings. The highest BCUT2D eigenvalue weighted by Gasteiger charge is 2.66. The van der Waals surface area contributed by atoms with Gasteiger partial charge in [-0.1, -0.05) is 437 Å². The van der Waals surface area contributed by atoms with E-state index in [0.29, 0.717) is 23.0 Å². The first-order chi connectivity index (χ1) is 55.2. The van der Waals surface area contributed by atoms with E-state index in [-0.39, 0.29) is 10.8 Å². The van der Waals surface area contributed by atoms with Gasteiger partial charge in [0.25, 0.3) is 0 Å². The number of hydrogen-bond acceptors (Lipinski definition) is 8. The molecule has 0 saturated heterocycles. The lowest BCUT2D eigenvalue weighted by atomic mass is 9.88. The maximum absolute atomic E-state index is 17.0. The fourth-order valence-corrected chi connectivity index (χ4v) is 38.0. The maximum Gasteiger partial charge on any atom is 0.232 e. The molecule has 0 aliphatic carbocycles. The van der Waals surface area contributed by atoms with Gasteiger partial charge in [-0.15, -0.1) is 68.0 Å². The molecule has 0 atom stereocenters. The first kappa shape index (κ1) is 86.5. The number of aryl methyl sites for hydroxylation is 1. The monoisotopic (exact) mass is 1640 g/mol. The molecule has 0 N–H and O–H groups in total. The van der Waals surface area contributed by atoms with Gasteiger partial charge in [0.2, 0.25) is 16.1 Å². The van der Waals surface area contributed by atoms with Gasteiger partial charge in [0.05, 0.1) is 28.2 Å². The van der Waals surface area contributed by atoms with Gasteiger partial charge in [0.15, 0.2) is 10.8 Å². The standard InChI is InChI=1S/C102H136O2S6Si2/c1-7-11-15-19-23-27-31-35-39-47-59-79(60-48-40-36-32-28-24-20-16-12-8-2)75-85-92(87-72-71-77(5)105-87)107-96-94(85)109-99-97-95(110-98(96)99)86(76-80(61-49-41-37-33-29-25-21-17-13-9-3)62-50-42-38-34-30-26-22-18-14-10-4)93(108-97)88-73-74-89(106-88)100-91-90(101(103)112(100,83-67-55-45-56-68-83)84-69-57-46-58-70-84)78(6)111(102(91)104,81-63-51-43-52-64-81)82-65-53-44-54-66-82/h43-46,51-58,63-74,79-80H,7-42,47-50,59-62,75-76H2,1-6H3. The van der Waals surface area contributed by atoms with Crippen LogP contribution in [0.2, 0.25) is 0 Å². The normalized spacial score (nSPS) is 14.3. The number of carbonyl (C=O) groups is 2. The Kier molecular flexibility index (Phi) is 34.9. The Labute approximate surface area is 703 Å². The number of rotatable bonds is 55. The molecule has 4 aromatic carbocycles. The van der Waals surface area contributed by atoms with Crippen LogP contribution in [-0.2, 0) is 22.4 Å². The van der Waals surface area contributed by atoms with E-state index < -0.39 is 16.1 Å². The molecule has 0 fully saturated rings. The minimum absolute atomic E-state index is 0.164. The third-order valence-corrected chi connectivity index (χ3v) is 43.2. The molecule has 2 aliphatic heterocycles. The minimum Gasteiger partial charge on any atom is -0.299 e. The smallest absolute Gasteiger partial charge is 0.232 e. The van der Waals surface area contributed by atoms with Gasteiger partial charge in [-0.05, 0) is 99.9 Å². The fraction of sp³-hybridized carbons (Fsp3) is 0.529. The molecule has 600 valence electrons.